The number of rotatable bonds is 6. The highest BCUT2D eigenvalue weighted by molar-refractivity contribution is 6.33. The molecule has 0 spiro atoms. The first-order chi connectivity index (χ1) is 8.54. The minimum Gasteiger partial charge on any atom is -0.366 e. The topological polar surface area (TPSA) is 84.2 Å². The third-order valence-electron chi connectivity index (χ3n) is 2.24. The molecule has 0 saturated heterocycles. The summed E-state index contributed by atoms with van der Waals surface area (Å²) in [6.07, 6.45) is 0.950. The van der Waals surface area contributed by atoms with E-state index in [4.69, 9.17) is 17.3 Å². The fourth-order valence-electron chi connectivity index (χ4n) is 1.35. The van der Waals surface area contributed by atoms with Gasteiger partial charge in [-0.15, -0.1) is 0 Å². The van der Waals surface area contributed by atoms with Gasteiger partial charge in [-0.25, -0.2) is 0 Å². The zero-order chi connectivity index (χ0) is 13.5. The molecule has 0 atom stereocenters. The summed E-state index contributed by atoms with van der Waals surface area (Å²) in [5.41, 5.74) is 5.84. The quantitative estimate of drug-likeness (QED) is 0.682. The minimum atomic E-state index is -0.564. The summed E-state index contributed by atoms with van der Waals surface area (Å²) >= 11 is 5.92. The summed E-state index contributed by atoms with van der Waals surface area (Å²) in [6, 6.07) is 4.49. The van der Waals surface area contributed by atoms with Gasteiger partial charge in [0.2, 0.25) is 11.8 Å². The van der Waals surface area contributed by atoms with Crippen LogP contribution in [-0.2, 0) is 4.79 Å². The molecular weight excluding hydrogens is 254 g/mol. The van der Waals surface area contributed by atoms with E-state index in [0.29, 0.717) is 16.3 Å². The molecule has 1 rings (SSSR count). The molecule has 0 radical (unpaired) electrons. The first-order valence-electron chi connectivity index (χ1n) is 5.64. The lowest BCUT2D eigenvalue weighted by Gasteiger charge is -2.08. The lowest BCUT2D eigenvalue weighted by atomic mass is 10.2. The summed E-state index contributed by atoms with van der Waals surface area (Å²) in [5.74, 6) is -0.779. The van der Waals surface area contributed by atoms with Gasteiger partial charge in [0.15, 0.2) is 0 Å². The number of anilines is 1. The summed E-state index contributed by atoms with van der Waals surface area (Å²) in [6.45, 7) is 2.98. The van der Waals surface area contributed by atoms with E-state index in [-0.39, 0.29) is 12.5 Å². The SMILES string of the molecule is CCCNCC(=O)Nc1cc(C(N)=O)ccc1Cl. The van der Waals surface area contributed by atoms with Crippen LogP contribution in [-0.4, -0.2) is 24.9 Å². The Labute approximate surface area is 111 Å². The van der Waals surface area contributed by atoms with Crippen molar-refractivity contribution in [2.75, 3.05) is 18.4 Å². The Hall–Kier alpha value is -1.59. The maximum Gasteiger partial charge on any atom is 0.248 e. The Morgan fingerprint density at radius 3 is 2.72 bits per heavy atom. The van der Waals surface area contributed by atoms with Crippen LogP contribution < -0.4 is 16.4 Å². The number of carbonyl (C=O) groups excluding carboxylic acids is 2. The fraction of sp³-hybridized carbons (Fsp3) is 0.333. The maximum absolute atomic E-state index is 11.6. The van der Waals surface area contributed by atoms with Crippen molar-refractivity contribution in [2.45, 2.75) is 13.3 Å². The smallest absolute Gasteiger partial charge is 0.248 e. The van der Waals surface area contributed by atoms with Crippen molar-refractivity contribution >= 4 is 29.1 Å². The Bertz CT molecular complexity index is 449. The Morgan fingerprint density at radius 2 is 2.11 bits per heavy atom. The summed E-state index contributed by atoms with van der Waals surface area (Å²) in [5, 5.41) is 5.95. The number of nitrogens with two attached hydrogens (primary N) is 1. The van der Waals surface area contributed by atoms with Crippen LogP contribution in [0.1, 0.15) is 23.7 Å². The molecule has 5 nitrogen and oxygen atoms in total. The summed E-state index contributed by atoms with van der Waals surface area (Å²) in [4.78, 5) is 22.6. The number of hydrogen-bond acceptors (Lipinski definition) is 3. The van der Waals surface area contributed by atoms with Crippen molar-refractivity contribution in [3.05, 3.63) is 28.8 Å². The van der Waals surface area contributed by atoms with Gasteiger partial charge < -0.3 is 16.4 Å². The van der Waals surface area contributed by atoms with Crippen molar-refractivity contribution in [1.82, 2.24) is 5.32 Å². The third-order valence-corrected chi connectivity index (χ3v) is 2.57. The van der Waals surface area contributed by atoms with Crippen LogP contribution in [0.15, 0.2) is 18.2 Å². The Kier molecular flexibility index (Phi) is 5.61. The molecule has 0 aliphatic heterocycles. The molecule has 0 fully saturated rings. The standard InChI is InChI=1S/C12H16ClN3O2/c1-2-5-15-7-11(17)16-10-6-8(12(14)18)3-4-9(10)13/h3-4,6,15H,2,5,7H2,1H3,(H2,14,18)(H,16,17). The molecule has 0 unspecified atom stereocenters. The van der Waals surface area contributed by atoms with Crippen LogP contribution in [0.25, 0.3) is 0 Å². The van der Waals surface area contributed by atoms with Gasteiger partial charge in [-0.2, -0.15) is 0 Å². The second-order valence-electron chi connectivity index (χ2n) is 3.78. The van der Waals surface area contributed by atoms with Gasteiger partial charge in [-0.1, -0.05) is 18.5 Å². The predicted octanol–water partition coefficient (Wildman–Crippen LogP) is 1.38. The summed E-state index contributed by atoms with van der Waals surface area (Å²) < 4.78 is 0. The average molecular weight is 270 g/mol. The Balaban J connectivity index is 2.68. The number of amides is 2. The van der Waals surface area contributed by atoms with Crippen LogP contribution in [0.2, 0.25) is 5.02 Å². The number of benzene rings is 1. The molecule has 1 aromatic rings. The molecule has 98 valence electrons. The van der Waals surface area contributed by atoms with Crippen molar-refractivity contribution in [3.63, 3.8) is 0 Å². The molecule has 0 bridgehead atoms. The minimum absolute atomic E-state index is 0.199. The van der Waals surface area contributed by atoms with E-state index in [2.05, 4.69) is 10.6 Å². The molecule has 0 aliphatic rings. The van der Waals surface area contributed by atoms with E-state index >= 15 is 0 Å². The van der Waals surface area contributed by atoms with Gasteiger partial charge in [0.05, 0.1) is 17.3 Å². The van der Waals surface area contributed by atoms with Gasteiger partial charge in [0, 0.05) is 5.56 Å². The first-order valence-corrected chi connectivity index (χ1v) is 6.02. The number of primary amides is 1. The third kappa shape index (κ3) is 4.35. The van der Waals surface area contributed by atoms with E-state index in [0.717, 1.165) is 13.0 Å². The van der Waals surface area contributed by atoms with Crippen molar-refractivity contribution in [2.24, 2.45) is 5.73 Å². The summed E-state index contributed by atoms with van der Waals surface area (Å²) in [7, 11) is 0. The largest absolute Gasteiger partial charge is 0.366 e. The molecule has 1 aromatic carbocycles. The molecule has 4 N–H and O–H groups in total. The second-order valence-corrected chi connectivity index (χ2v) is 4.19. The number of carbonyl (C=O) groups is 2. The Morgan fingerprint density at radius 1 is 1.39 bits per heavy atom. The van der Waals surface area contributed by atoms with Gasteiger partial charge in [0.1, 0.15) is 0 Å². The first kappa shape index (κ1) is 14.5. The number of nitrogens with one attached hydrogen (secondary N) is 2. The van der Waals surface area contributed by atoms with Crippen molar-refractivity contribution in [3.8, 4) is 0 Å². The monoisotopic (exact) mass is 269 g/mol. The van der Waals surface area contributed by atoms with Crippen LogP contribution >= 0.6 is 11.6 Å². The van der Waals surface area contributed by atoms with E-state index < -0.39 is 5.91 Å². The number of halogens is 1. The lowest BCUT2D eigenvalue weighted by molar-refractivity contribution is -0.115. The highest BCUT2D eigenvalue weighted by atomic mass is 35.5. The molecule has 0 saturated carbocycles. The molecular formula is C12H16ClN3O2. The molecule has 6 heteroatoms. The highest BCUT2D eigenvalue weighted by Gasteiger charge is 2.08. The van der Waals surface area contributed by atoms with Gasteiger partial charge in [-0.05, 0) is 31.2 Å². The lowest BCUT2D eigenvalue weighted by Crippen LogP contribution is -2.28. The van der Waals surface area contributed by atoms with Crippen molar-refractivity contribution in [1.29, 1.82) is 0 Å². The predicted molar refractivity (Wildman–Crippen MR) is 71.8 cm³/mol. The zero-order valence-electron chi connectivity index (χ0n) is 10.1. The zero-order valence-corrected chi connectivity index (χ0v) is 10.9. The molecule has 2 amide bonds. The van der Waals surface area contributed by atoms with E-state index in [1.54, 1.807) is 0 Å². The van der Waals surface area contributed by atoms with E-state index in [9.17, 15) is 9.59 Å². The maximum atomic E-state index is 11.6. The number of hydrogen-bond donors (Lipinski definition) is 3. The second kappa shape index (κ2) is 6.98. The fourth-order valence-corrected chi connectivity index (χ4v) is 1.51. The van der Waals surface area contributed by atoms with Gasteiger partial charge in [-0.3, -0.25) is 9.59 Å². The molecule has 0 aliphatic carbocycles. The highest BCUT2D eigenvalue weighted by Crippen LogP contribution is 2.22. The van der Waals surface area contributed by atoms with E-state index in [1.807, 2.05) is 6.92 Å². The molecule has 18 heavy (non-hydrogen) atoms. The molecule has 0 heterocycles. The van der Waals surface area contributed by atoms with Crippen molar-refractivity contribution < 1.29 is 9.59 Å². The van der Waals surface area contributed by atoms with Crippen LogP contribution in [0.4, 0.5) is 5.69 Å². The van der Waals surface area contributed by atoms with Gasteiger partial charge >= 0.3 is 0 Å². The van der Waals surface area contributed by atoms with Crippen LogP contribution in [0.3, 0.4) is 0 Å². The normalized spacial score (nSPS) is 10.1. The van der Waals surface area contributed by atoms with E-state index in [1.165, 1.54) is 18.2 Å². The van der Waals surface area contributed by atoms with Gasteiger partial charge in [0.25, 0.3) is 0 Å². The van der Waals surface area contributed by atoms with Crippen LogP contribution in [0, 0.1) is 0 Å². The average Bonchev–Trinajstić information content (AvgIpc) is 2.32. The van der Waals surface area contributed by atoms with Crippen LogP contribution in [0.5, 0.6) is 0 Å². The molecule has 0 aromatic heterocycles.